The SMILES string of the molecule is Cc1cc(C(N)=O)ccc1NC(=O)c1cnn(-c2cccc(C(F)(F)F)c2)c1C. The smallest absolute Gasteiger partial charge is 0.366 e. The Morgan fingerprint density at radius 2 is 1.83 bits per heavy atom. The summed E-state index contributed by atoms with van der Waals surface area (Å²) in [7, 11) is 0. The van der Waals surface area contributed by atoms with Crippen LogP contribution in [0.1, 0.15) is 37.5 Å². The van der Waals surface area contributed by atoms with Crippen LogP contribution in [0, 0.1) is 13.8 Å². The molecule has 3 rings (SSSR count). The number of alkyl halides is 3. The second-order valence-electron chi connectivity index (χ2n) is 6.45. The summed E-state index contributed by atoms with van der Waals surface area (Å²) in [5, 5.41) is 6.77. The number of aromatic nitrogens is 2. The first-order valence-corrected chi connectivity index (χ1v) is 8.52. The van der Waals surface area contributed by atoms with Crippen molar-refractivity contribution in [3.05, 3.63) is 76.6 Å². The zero-order valence-corrected chi connectivity index (χ0v) is 15.5. The van der Waals surface area contributed by atoms with Crippen LogP contribution in [-0.2, 0) is 6.18 Å². The van der Waals surface area contributed by atoms with E-state index in [0.717, 1.165) is 12.1 Å². The summed E-state index contributed by atoms with van der Waals surface area (Å²) in [6, 6.07) is 9.29. The van der Waals surface area contributed by atoms with Crippen LogP contribution in [0.5, 0.6) is 0 Å². The first-order valence-electron chi connectivity index (χ1n) is 8.52. The third kappa shape index (κ3) is 4.13. The molecule has 9 heteroatoms. The van der Waals surface area contributed by atoms with Gasteiger partial charge in [0.1, 0.15) is 0 Å². The number of carbonyl (C=O) groups excluding carboxylic acids is 2. The van der Waals surface area contributed by atoms with E-state index in [4.69, 9.17) is 5.73 Å². The van der Waals surface area contributed by atoms with Crippen molar-refractivity contribution in [2.45, 2.75) is 20.0 Å². The van der Waals surface area contributed by atoms with Gasteiger partial charge in [-0.15, -0.1) is 0 Å². The molecular weight excluding hydrogens is 385 g/mol. The van der Waals surface area contributed by atoms with E-state index in [1.807, 2.05) is 0 Å². The molecule has 1 heterocycles. The lowest BCUT2D eigenvalue weighted by molar-refractivity contribution is -0.137. The summed E-state index contributed by atoms with van der Waals surface area (Å²) in [5.74, 6) is -1.06. The summed E-state index contributed by atoms with van der Waals surface area (Å²) < 4.78 is 40.1. The Morgan fingerprint density at radius 1 is 1.10 bits per heavy atom. The fourth-order valence-electron chi connectivity index (χ4n) is 2.85. The molecule has 2 amide bonds. The lowest BCUT2D eigenvalue weighted by atomic mass is 10.1. The van der Waals surface area contributed by atoms with Crippen molar-refractivity contribution < 1.29 is 22.8 Å². The number of benzene rings is 2. The predicted molar refractivity (Wildman–Crippen MR) is 101 cm³/mol. The van der Waals surface area contributed by atoms with Gasteiger partial charge in [0.25, 0.3) is 5.91 Å². The van der Waals surface area contributed by atoms with Crippen LogP contribution in [0.4, 0.5) is 18.9 Å². The van der Waals surface area contributed by atoms with Crippen LogP contribution in [0.2, 0.25) is 0 Å². The summed E-state index contributed by atoms with van der Waals surface area (Å²) in [6.45, 7) is 3.30. The molecule has 0 fully saturated rings. The maximum atomic E-state index is 13.0. The molecule has 0 radical (unpaired) electrons. The maximum absolute atomic E-state index is 13.0. The van der Waals surface area contributed by atoms with Gasteiger partial charge in [-0.2, -0.15) is 18.3 Å². The lowest BCUT2D eigenvalue weighted by Crippen LogP contribution is -2.15. The van der Waals surface area contributed by atoms with E-state index in [-0.39, 0.29) is 11.3 Å². The van der Waals surface area contributed by atoms with Gasteiger partial charge in [-0.25, -0.2) is 4.68 Å². The Labute approximate surface area is 164 Å². The summed E-state index contributed by atoms with van der Waals surface area (Å²) in [5.41, 5.74) is 6.64. The standard InChI is InChI=1S/C20H17F3N4O2/c1-11-8-13(18(24)28)6-7-17(11)26-19(29)16-10-25-27(12(16)2)15-5-3-4-14(9-15)20(21,22)23/h3-10H,1-2H3,(H2,24,28)(H,26,29). The number of nitrogens with zero attached hydrogens (tertiary/aromatic N) is 2. The second-order valence-corrected chi connectivity index (χ2v) is 6.45. The Hall–Kier alpha value is -3.62. The van der Waals surface area contributed by atoms with Crippen molar-refractivity contribution in [3.8, 4) is 5.69 Å². The van der Waals surface area contributed by atoms with Gasteiger partial charge in [-0.1, -0.05) is 6.07 Å². The van der Waals surface area contributed by atoms with Gasteiger partial charge >= 0.3 is 6.18 Å². The fourth-order valence-corrected chi connectivity index (χ4v) is 2.85. The average molecular weight is 402 g/mol. The molecule has 0 saturated carbocycles. The number of amides is 2. The molecule has 3 aromatic rings. The van der Waals surface area contributed by atoms with E-state index in [1.165, 1.54) is 29.1 Å². The highest BCUT2D eigenvalue weighted by atomic mass is 19.4. The number of rotatable bonds is 4. The highest BCUT2D eigenvalue weighted by molar-refractivity contribution is 6.05. The molecule has 2 aromatic carbocycles. The van der Waals surface area contributed by atoms with Crippen LogP contribution in [0.25, 0.3) is 5.69 Å². The molecule has 0 unspecified atom stereocenters. The molecule has 0 saturated heterocycles. The minimum absolute atomic E-state index is 0.193. The Morgan fingerprint density at radius 3 is 2.45 bits per heavy atom. The number of halogens is 3. The van der Waals surface area contributed by atoms with Crippen molar-refractivity contribution in [1.29, 1.82) is 0 Å². The molecule has 0 spiro atoms. The molecule has 150 valence electrons. The molecule has 0 atom stereocenters. The number of anilines is 1. The highest BCUT2D eigenvalue weighted by Crippen LogP contribution is 2.30. The fraction of sp³-hybridized carbons (Fsp3) is 0.150. The quantitative estimate of drug-likeness (QED) is 0.694. The van der Waals surface area contributed by atoms with Crippen LogP contribution < -0.4 is 11.1 Å². The topological polar surface area (TPSA) is 90.0 Å². The number of hydrogen-bond acceptors (Lipinski definition) is 3. The first kappa shape index (κ1) is 20.1. The summed E-state index contributed by atoms with van der Waals surface area (Å²) in [6.07, 6.45) is -3.19. The van der Waals surface area contributed by atoms with E-state index in [2.05, 4.69) is 10.4 Å². The Bertz CT molecular complexity index is 1100. The van der Waals surface area contributed by atoms with Crippen LogP contribution in [0.3, 0.4) is 0 Å². The van der Waals surface area contributed by atoms with Gasteiger partial charge in [0.15, 0.2) is 0 Å². The highest BCUT2D eigenvalue weighted by Gasteiger charge is 2.30. The van der Waals surface area contributed by atoms with Crippen molar-refractivity contribution in [3.63, 3.8) is 0 Å². The molecule has 0 bridgehead atoms. The van der Waals surface area contributed by atoms with Crippen molar-refractivity contribution in [2.75, 3.05) is 5.32 Å². The molecule has 0 aliphatic rings. The molecule has 6 nitrogen and oxygen atoms in total. The average Bonchev–Trinajstić information content (AvgIpc) is 3.04. The molecule has 0 aliphatic heterocycles. The predicted octanol–water partition coefficient (Wildman–Crippen LogP) is 3.86. The molecule has 29 heavy (non-hydrogen) atoms. The van der Waals surface area contributed by atoms with E-state index in [9.17, 15) is 22.8 Å². The van der Waals surface area contributed by atoms with E-state index in [1.54, 1.807) is 26.0 Å². The van der Waals surface area contributed by atoms with E-state index >= 15 is 0 Å². The van der Waals surface area contributed by atoms with Gasteiger partial charge in [-0.05, 0) is 55.8 Å². The van der Waals surface area contributed by atoms with E-state index in [0.29, 0.717) is 22.5 Å². The van der Waals surface area contributed by atoms with Gasteiger partial charge in [0.05, 0.1) is 28.7 Å². The summed E-state index contributed by atoms with van der Waals surface area (Å²) in [4.78, 5) is 23.9. The minimum atomic E-state index is -4.48. The Kier molecular flexibility index (Phi) is 5.15. The normalized spacial score (nSPS) is 11.3. The molecule has 0 aliphatic carbocycles. The number of nitrogens with two attached hydrogens (primary N) is 1. The van der Waals surface area contributed by atoms with Gasteiger partial charge in [0.2, 0.25) is 5.91 Å². The number of nitrogens with one attached hydrogen (secondary N) is 1. The zero-order valence-electron chi connectivity index (χ0n) is 15.5. The molecular formula is C20H17F3N4O2. The lowest BCUT2D eigenvalue weighted by Gasteiger charge is -2.11. The van der Waals surface area contributed by atoms with Crippen molar-refractivity contribution in [1.82, 2.24) is 9.78 Å². The van der Waals surface area contributed by atoms with Crippen molar-refractivity contribution in [2.24, 2.45) is 5.73 Å². The van der Waals surface area contributed by atoms with Gasteiger partial charge in [0, 0.05) is 11.3 Å². The number of primary amides is 1. The Balaban J connectivity index is 1.88. The van der Waals surface area contributed by atoms with Gasteiger partial charge in [-0.3, -0.25) is 9.59 Å². The zero-order chi connectivity index (χ0) is 21.3. The summed E-state index contributed by atoms with van der Waals surface area (Å²) >= 11 is 0. The van der Waals surface area contributed by atoms with Crippen LogP contribution in [-0.4, -0.2) is 21.6 Å². The number of hydrogen-bond donors (Lipinski definition) is 2. The molecule has 3 N–H and O–H groups in total. The largest absolute Gasteiger partial charge is 0.416 e. The number of aryl methyl sites for hydroxylation is 1. The number of carbonyl (C=O) groups is 2. The minimum Gasteiger partial charge on any atom is -0.366 e. The van der Waals surface area contributed by atoms with Crippen LogP contribution in [0.15, 0.2) is 48.7 Å². The van der Waals surface area contributed by atoms with Crippen molar-refractivity contribution >= 4 is 17.5 Å². The second kappa shape index (κ2) is 7.42. The van der Waals surface area contributed by atoms with Crippen LogP contribution >= 0.6 is 0 Å². The monoisotopic (exact) mass is 402 g/mol. The third-order valence-electron chi connectivity index (χ3n) is 4.43. The molecule has 1 aromatic heterocycles. The van der Waals surface area contributed by atoms with Gasteiger partial charge < -0.3 is 11.1 Å². The third-order valence-corrected chi connectivity index (χ3v) is 4.43. The maximum Gasteiger partial charge on any atom is 0.416 e. The first-order chi connectivity index (χ1) is 13.6. The van der Waals surface area contributed by atoms with E-state index < -0.39 is 23.6 Å².